The number of thiophene rings is 1. The average molecular weight is 429 g/mol. The molecule has 1 aromatic carbocycles. The fourth-order valence-corrected chi connectivity index (χ4v) is 5.67. The van der Waals surface area contributed by atoms with Crippen molar-refractivity contribution in [3.05, 3.63) is 51.2 Å². The molecular formula is C16H13F6NO2S2. The van der Waals surface area contributed by atoms with Crippen LogP contribution >= 0.6 is 11.3 Å². The summed E-state index contributed by atoms with van der Waals surface area (Å²) in [7, 11) is -4.56. The van der Waals surface area contributed by atoms with Crippen molar-refractivity contribution in [2.24, 2.45) is 0 Å². The first-order valence-corrected chi connectivity index (χ1v) is 10.0. The standard InChI is InChI=1S/C16H13F6NO2S2/c1-9-13-3-5-26-14(13)2-4-23(9)27(24,25)12-7-10(15(17,18)19)6-11(8-12)16(20,21)22/h3,5-9H,2,4H2,1H3/t9-/m1/s1. The van der Waals surface area contributed by atoms with E-state index in [4.69, 9.17) is 0 Å². The third-order valence-electron chi connectivity index (χ3n) is 4.39. The molecule has 0 spiro atoms. The molecule has 0 saturated heterocycles. The van der Waals surface area contributed by atoms with Crippen LogP contribution in [0.5, 0.6) is 0 Å². The second-order valence-electron chi connectivity index (χ2n) is 6.08. The molecule has 0 saturated carbocycles. The normalized spacial score (nSPS) is 19.1. The Morgan fingerprint density at radius 1 is 1.04 bits per heavy atom. The quantitative estimate of drug-likeness (QED) is 0.624. The van der Waals surface area contributed by atoms with E-state index in [1.165, 1.54) is 11.3 Å². The number of halogens is 6. The molecule has 0 N–H and O–H groups in total. The summed E-state index contributed by atoms with van der Waals surface area (Å²) in [5.41, 5.74) is -2.61. The Hall–Kier alpha value is -1.59. The van der Waals surface area contributed by atoms with Crippen LogP contribution in [0.2, 0.25) is 0 Å². The Labute approximate surface area is 155 Å². The zero-order valence-corrected chi connectivity index (χ0v) is 15.4. The number of nitrogens with zero attached hydrogens (tertiary/aromatic N) is 1. The molecule has 3 rings (SSSR count). The average Bonchev–Trinajstić information content (AvgIpc) is 3.02. The van der Waals surface area contributed by atoms with Crippen LogP contribution in [0.25, 0.3) is 0 Å². The Bertz CT molecular complexity index is 930. The molecule has 0 fully saturated rings. The molecule has 2 heterocycles. The van der Waals surface area contributed by atoms with Gasteiger partial charge in [0.25, 0.3) is 0 Å². The van der Waals surface area contributed by atoms with Crippen molar-refractivity contribution in [2.45, 2.75) is 36.6 Å². The summed E-state index contributed by atoms with van der Waals surface area (Å²) in [6, 6.07) is 1.43. The summed E-state index contributed by atoms with van der Waals surface area (Å²) in [5, 5.41) is 1.77. The van der Waals surface area contributed by atoms with E-state index in [1.807, 2.05) is 0 Å². The van der Waals surface area contributed by atoms with Gasteiger partial charge in [0, 0.05) is 17.5 Å². The second-order valence-corrected chi connectivity index (χ2v) is 8.97. The third-order valence-corrected chi connectivity index (χ3v) is 7.33. The van der Waals surface area contributed by atoms with Gasteiger partial charge in [0.1, 0.15) is 0 Å². The second kappa shape index (κ2) is 6.49. The van der Waals surface area contributed by atoms with Crippen molar-refractivity contribution >= 4 is 21.4 Å². The highest BCUT2D eigenvalue weighted by Crippen LogP contribution is 2.40. The van der Waals surface area contributed by atoms with Crippen LogP contribution < -0.4 is 0 Å². The van der Waals surface area contributed by atoms with Crippen molar-refractivity contribution in [1.82, 2.24) is 4.31 Å². The largest absolute Gasteiger partial charge is 0.416 e. The molecule has 1 aliphatic rings. The van der Waals surface area contributed by atoms with Crippen LogP contribution in [-0.4, -0.2) is 19.3 Å². The highest BCUT2D eigenvalue weighted by molar-refractivity contribution is 7.89. The maximum Gasteiger partial charge on any atom is 0.416 e. The first kappa shape index (κ1) is 20.2. The lowest BCUT2D eigenvalue weighted by Crippen LogP contribution is -2.38. The predicted octanol–water partition coefficient (Wildman–Crippen LogP) is 5.09. The first-order chi connectivity index (χ1) is 12.3. The monoisotopic (exact) mass is 429 g/mol. The molecular weight excluding hydrogens is 416 g/mol. The fourth-order valence-electron chi connectivity index (χ4n) is 3.03. The summed E-state index contributed by atoms with van der Waals surface area (Å²) in [6.07, 6.45) is -9.87. The molecule has 0 radical (unpaired) electrons. The van der Waals surface area contributed by atoms with Crippen molar-refractivity contribution in [1.29, 1.82) is 0 Å². The minimum absolute atomic E-state index is 0.0192. The molecule has 0 unspecified atom stereocenters. The Kier molecular flexibility index (Phi) is 4.84. The van der Waals surface area contributed by atoms with Crippen molar-refractivity contribution in [3.63, 3.8) is 0 Å². The van der Waals surface area contributed by atoms with Crippen LogP contribution in [-0.2, 0) is 28.8 Å². The van der Waals surface area contributed by atoms with Gasteiger partial charge in [-0.3, -0.25) is 0 Å². The van der Waals surface area contributed by atoms with Gasteiger partial charge in [-0.05, 0) is 48.6 Å². The number of fused-ring (bicyclic) bond motifs is 1. The summed E-state index contributed by atoms with van der Waals surface area (Å²) in [5.74, 6) is 0. The van der Waals surface area contributed by atoms with Gasteiger partial charge in [-0.15, -0.1) is 11.3 Å². The van der Waals surface area contributed by atoms with E-state index >= 15 is 0 Å². The minimum atomic E-state index is -5.11. The lowest BCUT2D eigenvalue weighted by molar-refractivity contribution is -0.143. The van der Waals surface area contributed by atoms with E-state index in [0.717, 1.165) is 9.18 Å². The molecule has 148 valence electrons. The van der Waals surface area contributed by atoms with Crippen LogP contribution in [0.3, 0.4) is 0 Å². The smallest absolute Gasteiger partial charge is 0.207 e. The number of benzene rings is 1. The predicted molar refractivity (Wildman–Crippen MR) is 86.8 cm³/mol. The zero-order valence-electron chi connectivity index (χ0n) is 13.7. The van der Waals surface area contributed by atoms with Gasteiger partial charge in [0.2, 0.25) is 10.0 Å². The maximum absolute atomic E-state index is 13.0. The van der Waals surface area contributed by atoms with Crippen LogP contribution in [0.1, 0.15) is 34.5 Å². The van der Waals surface area contributed by atoms with E-state index in [2.05, 4.69) is 0 Å². The summed E-state index contributed by atoms with van der Waals surface area (Å²) in [6.45, 7) is 1.54. The van der Waals surface area contributed by atoms with E-state index in [9.17, 15) is 34.8 Å². The van der Waals surface area contributed by atoms with Gasteiger partial charge in [0.05, 0.1) is 16.0 Å². The van der Waals surface area contributed by atoms with Gasteiger partial charge >= 0.3 is 12.4 Å². The Morgan fingerprint density at radius 3 is 2.11 bits per heavy atom. The number of sulfonamides is 1. The van der Waals surface area contributed by atoms with E-state index in [1.54, 1.807) is 18.4 Å². The molecule has 1 atom stereocenters. The molecule has 0 aliphatic carbocycles. The van der Waals surface area contributed by atoms with Crippen molar-refractivity contribution in [2.75, 3.05) is 6.54 Å². The van der Waals surface area contributed by atoms with Gasteiger partial charge in [-0.2, -0.15) is 30.6 Å². The van der Waals surface area contributed by atoms with Gasteiger partial charge < -0.3 is 0 Å². The molecule has 1 aliphatic heterocycles. The number of hydrogen-bond donors (Lipinski definition) is 0. The van der Waals surface area contributed by atoms with Crippen molar-refractivity contribution < 1.29 is 34.8 Å². The van der Waals surface area contributed by atoms with Crippen LogP contribution in [0.4, 0.5) is 26.3 Å². The zero-order chi connectivity index (χ0) is 20.2. The molecule has 0 amide bonds. The minimum Gasteiger partial charge on any atom is -0.207 e. The fraction of sp³-hybridized carbons (Fsp3) is 0.375. The summed E-state index contributed by atoms with van der Waals surface area (Å²) >= 11 is 1.43. The molecule has 11 heteroatoms. The van der Waals surface area contributed by atoms with Gasteiger partial charge in [-0.25, -0.2) is 8.42 Å². The summed E-state index contributed by atoms with van der Waals surface area (Å²) < 4.78 is 105. The molecule has 1 aromatic heterocycles. The SMILES string of the molecule is C[C@@H]1c2ccsc2CCN1S(=O)(=O)c1cc(C(F)(F)F)cc(C(F)(F)F)c1. The van der Waals surface area contributed by atoms with Crippen LogP contribution in [0.15, 0.2) is 34.5 Å². The number of alkyl halides is 6. The highest BCUT2D eigenvalue weighted by Gasteiger charge is 2.40. The first-order valence-electron chi connectivity index (χ1n) is 7.69. The molecule has 2 aromatic rings. The Morgan fingerprint density at radius 2 is 1.59 bits per heavy atom. The topological polar surface area (TPSA) is 37.4 Å². The van der Waals surface area contributed by atoms with E-state index in [0.29, 0.717) is 12.0 Å². The Balaban J connectivity index is 2.12. The lowest BCUT2D eigenvalue weighted by Gasteiger charge is -2.32. The molecule has 3 nitrogen and oxygen atoms in total. The van der Waals surface area contributed by atoms with Gasteiger partial charge in [-0.1, -0.05) is 0 Å². The third kappa shape index (κ3) is 3.72. The molecule has 0 bridgehead atoms. The lowest BCUT2D eigenvalue weighted by atomic mass is 10.0. The molecule has 27 heavy (non-hydrogen) atoms. The van der Waals surface area contributed by atoms with Crippen LogP contribution in [0, 0.1) is 0 Å². The summed E-state index contributed by atoms with van der Waals surface area (Å²) in [4.78, 5) is -0.0656. The van der Waals surface area contributed by atoms with Gasteiger partial charge in [0.15, 0.2) is 0 Å². The number of rotatable bonds is 2. The van der Waals surface area contributed by atoms with E-state index in [-0.39, 0.29) is 24.7 Å². The highest BCUT2D eigenvalue weighted by atomic mass is 32.2. The number of hydrogen-bond acceptors (Lipinski definition) is 3. The van der Waals surface area contributed by atoms with E-state index < -0.39 is 44.4 Å². The maximum atomic E-state index is 13.0. The van der Waals surface area contributed by atoms with Crippen molar-refractivity contribution in [3.8, 4) is 0 Å².